The van der Waals surface area contributed by atoms with Gasteiger partial charge in [-0.05, 0) is 23.6 Å². The molecule has 0 fully saturated rings. The van der Waals surface area contributed by atoms with Gasteiger partial charge in [-0.15, -0.1) is 0 Å². The minimum Gasteiger partial charge on any atom is -0.494 e. The lowest BCUT2D eigenvalue weighted by molar-refractivity contribution is -0.133. The zero-order valence-corrected chi connectivity index (χ0v) is 12.8. The van der Waals surface area contributed by atoms with Crippen LogP contribution in [0.3, 0.4) is 0 Å². The van der Waals surface area contributed by atoms with Crippen LogP contribution in [0, 0.1) is 0 Å². The third-order valence-corrected chi connectivity index (χ3v) is 4.52. The Morgan fingerprint density at radius 2 is 2.33 bits per heavy atom. The zero-order valence-electron chi connectivity index (χ0n) is 11.1. The Kier molecular flexibility index (Phi) is 3.85. The molecule has 7 heteroatoms. The SMILES string of the molecule is COc1cccc2c1nc(SCC(=O)O)n2-c1ccsc1. The molecule has 0 radical (unpaired) electrons. The summed E-state index contributed by atoms with van der Waals surface area (Å²) in [7, 11) is 1.60. The predicted molar refractivity (Wildman–Crippen MR) is 83.9 cm³/mol. The molecular weight excluding hydrogens is 308 g/mol. The van der Waals surface area contributed by atoms with E-state index in [0.717, 1.165) is 16.7 Å². The van der Waals surface area contributed by atoms with E-state index in [1.165, 1.54) is 11.8 Å². The lowest BCUT2D eigenvalue weighted by Crippen LogP contribution is -2.01. The summed E-state index contributed by atoms with van der Waals surface area (Å²) < 4.78 is 7.30. The molecule has 0 bridgehead atoms. The molecule has 1 aromatic carbocycles. The molecular formula is C14H12N2O3S2. The van der Waals surface area contributed by atoms with Crippen molar-refractivity contribution in [3.8, 4) is 11.4 Å². The number of nitrogens with zero attached hydrogens (tertiary/aromatic N) is 2. The highest BCUT2D eigenvalue weighted by Crippen LogP contribution is 2.33. The van der Waals surface area contributed by atoms with Gasteiger partial charge in [-0.2, -0.15) is 11.3 Å². The summed E-state index contributed by atoms with van der Waals surface area (Å²) in [5.74, 6) is -0.218. The highest BCUT2D eigenvalue weighted by Gasteiger charge is 2.17. The van der Waals surface area contributed by atoms with Crippen molar-refractivity contribution in [1.82, 2.24) is 9.55 Å². The number of ether oxygens (including phenoxy) is 1. The molecule has 0 spiro atoms. The maximum absolute atomic E-state index is 10.8. The summed E-state index contributed by atoms with van der Waals surface area (Å²) in [5.41, 5.74) is 2.61. The van der Waals surface area contributed by atoms with Gasteiger partial charge in [0.05, 0.1) is 24.1 Å². The molecule has 0 unspecified atom stereocenters. The lowest BCUT2D eigenvalue weighted by atomic mass is 10.3. The summed E-state index contributed by atoms with van der Waals surface area (Å²) in [6, 6.07) is 7.68. The monoisotopic (exact) mass is 320 g/mol. The number of para-hydroxylation sites is 1. The number of rotatable bonds is 5. The van der Waals surface area contributed by atoms with Gasteiger partial charge in [-0.1, -0.05) is 17.8 Å². The normalized spacial score (nSPS) is 10.9. The smallest absolute Gasteiger partial charge is 0.313 e. The van der Waals surface area contributed by atoms with E-state index in [4.69, 9.17) is 9.84 Å². The molecule has 0 atom stereocenters. The van der Waals surface area contributed by atoms with Crippen molar-refractivity contribution in [3.63, 3.8) is 0 Å². The van der Waals surface area contributed by atoms with E-state index in [0.29, 0.717) is 10.9 Å². The van der Waals surface area contributed by atoms with Crippen LogP contribution in [-0.4, -0.2) is 33.5 Å². The highest BCUT2D eigenvalue weighted by molar-refractivity contribution is 7.99. The maximum Gasteiger partial charge on any atom is 0.313 e. The first kappa shape index (κ1) is 14.0. The molecule has 0 aliphatic heterocycles. The van der Waals surface area contributed by atoms with Crippen LogP contribution in [0.25, 0.3) is 16.7 Å². The molecule has 0 saturated carbocycles. The molecule has 0 aliphatic rings. The van der Waals surface area contributed by atoms with Gasteiger partial charge in [0.25, 0.3) is 0 Å². The fourth-order valence-electron chi connectivity index (χ4n) is 2.07. The second-order valence-corrected chi connectivity index (χ2v) is 5.94. The first-order valence-electron chi connectivity index (χ1n) is 6.13. The van der Waals surface area contributed by atoms with Crippen molar-refractivity contribution >= 4 is 40.1 Å². The quantitative estimate of drug-likeness (QED) is 0.731. The van der Waals surface area contributed by atoms with Crippen LogP contribution in [0.5, 0.6) is 5.75 Å². The second kappa shape index (κ2) is 5.79. The summed E-state index contributed by atoms with van der Waals surface area (Å²) in [6.07, 6.45) is 0. The molecule has 0 saturated heterocycles. The molecule has 2 heterocycles. The average Bonchev–Trinajstić information content (AvgIpc) is 3.10. The van der Waals surface area contributed by atoms with E-state index in [-0.39, 0.29) is 5.75 Å². The van der Waals surface area contributed by atoms with E-state index in [1.54, 1.807) is 18.4 Å². The van der Waals surface area contributed by atoms with Crippen molar-refractivity contribution in [3.05, 3.63) is 35.0 Å². The first-order valence-corrected chi connectivity index (χ1v) is 8.06. The minimum absolute atomic E-state index is 0.0320. The van der Waals surface area contributed by atoms with Gasteiger partial charge in [0, 0.05) is 5.38 Å². The third-order valence-electron chi connectivity index (χ3n) is 2.93. The van der Waals surface area contributed by atoms with Crippen LogP contribution in [-0.2, 0) is 4.79 Å². The van der Waals surface area contributed by atoms with Crippen molar-refractivity contribution < 1.29 is 14.6 Å². The largest absolute Gasteiger partial charge is 0.494 e. The summed E-state index contributed by atoms with van der Waals surface area (Å²) >= 11 is 2.78. The van der Waals surface area contributed by atoms with Gasteiger partial charge in [0.1, 0.15) is 11.3 Å². The number of benzene rings is 1. The van der Waals surface area contributed by atoms with E-state index in [1.807, 2.05) is 39.6 Å². The molecule has 0 aliphatic carbocycles. The van der Waals surface area contributed by atoms with Crippen molar-refractivity contribution in [2.24, 2.45) is 0 Å². The number of methoxy groups -OCH3 is 1. The Balaban J connectivity index is 2.20. The number of carboxylic acids is 1. The fourth-order valence-corrected chi connectivity index (χ4v) is 3.44. The fraction of sp³-hybridized carbons (Fsp3) is 0.143. The topological polar surface area (TPSA) is 64.3 Å². The van der Waals surface area contributed by atoms with Crippen LogP contribution in [0.15, 0.2) is 40.2 Å². The maximum atomic E-state index is 10.8. The molecule has 5 nitrogen and oxygen atoms in total. The third kappa shape index (κ3) is 2.62. The molecule has 3 rings (SSSR count). The lowest BCUT2D eigenvalue weighted by Gasteiger charge is -2.05. The number of thiophene rings is 1. The van der Waals surface area contributed by atoms with Gasteiger partial charge in [0.2, 0.25) is 0 Å². The number of carbonyl (C=O) groups is 1. The van der Waals surface area contributed by atoms with Crippen LogP contribution < -0.4 is 4.74 Å². The van der Waals surface area contributed by atoms with Gasteiger partial charge in [0.15, 0.2) is 5.16 Å². The Hall–Kier alpha value is -1.99. The Morgan fingerprint density at radius 1 is 1.48 bits per heavy atom. The van der Waals surface area contributed by atoms with Crippen LogP contribution >= 0.6 is 23.1 Å². The Morgan fingerprint density at radius 3 is 3.00 bits per heavy atom. The van der Waals surface area contributed by atoms with Gasteiger partial charge in [-0.3, -0.25) is 9.36 Å². The number of hydrogen-bond donors (Lipinski definition) is 1. The Bertz CT molecular complexity index is 781. The number of aliphatic carboxylic acids is 1. The summed E-state index contributed by atoms with van der Waals surface area (Å²) in [4.78, 5) is 15.4. The van der Waals surface area contributed by atoms with Crippen LogP contribution in [0.1, 0.15) is 0 Å². The first-order chi connectivity index (χ1) is 10.2. The average molecular weight is 320 g/mol. The van der Waals surface area contributed by atoms with E-state index in [2.05, 4.69) is 4.98 Å². The van der Waals surface area contributed by atoms with Crippen molar-refractivity contribution in [2.75, 3.05) is 12.9 Å². The standard InChI is InChI=1S/C14H12N2O3S2/c1-19-11-4-2-3-10-13(11)15-14(21-8-12(17)18)16(10)9-5-6-20-7-9/h2-7H,8H2,1H3,(H,17,18). The zero-order chi connectivity index (χ0) is 14.8. The van der Waals surface area contributed by atoms with Crippen LogP contribution in [0.4, 0.5) is 0 Å². The number of fused-ring (bicyclic) bond motifs is 1. The van der Waals surface area contributed by atoms with E-state index in [9.17, 15) is 4.79 Å². The number of thioether (sulfide) groups is 1. The molecule has 2 aromatic heterocycles. The predicted octanol–water partition coefficient (Wildman–Crippen LogP) is 3.27. The molecule has 3 aromatic rings. The number of hydrogen-bond acceptors (Lipinski definition) is 5. The molecule has 0 amide bonds. The van der Waals surface area contributed by atoms with Gasteiger partial charge >= 0.3 is 5.97 Å². The van der Waals surface area contributed by atoms with Crippen molar-refractivity contribution in [2.45, 2.75) is 5.16 Å². The molecule has 21 heavy (non-hydrogen) atoms. The Labute approximate surface area is 129 Å². The molecule has 1 N–H and O–H groups in total. The van der Waals surface area contributed by atoms with E-state index < -0.39 is 5.97 Å². The number of imidazole rings is 1. The van der Waals surface area contributed by atoms with Gasteiger partial charge < -0.3 is 9.84 Å². The minimum atomic E-state index is -0.865. The summed E-state index contributed by atoms with van der Waals surface area (Å²) in [5, 5.41) is 13.5. The van der Waals surface area contributed by atoms with Crippen molar-refractivity contribution in [1.29, 1.82) is 0 Å². The van der Waals surface area contributed by atoms with Crippen LogP contribution in [0.2, 0.25) is 0 Å². The summed E-state index contributed by atoms with van der Waals surface area (Å²) in [6.45, 7) is 0. The number of carboxylic acid groups (broad SMARTS) is 1. The molecule has 108 valence electrons. The second-order valence-electron chi connectivity index (χ2n) is 4.22. The van der Waals surface area contributed by atoms with E-state index >= 15 is 0 Å². The number of aromatic nitrogens is 2. The highest BCUT2D eigenvalue weighted by atomic mass is 32.2. The van der Waals surface area contributed by atoms with Gasteiger partial charge in [-0.25, -0.2) is 4.98 Å².